The minimum atomic E-state index is 0.585. The van der Waals surface area contributed by atoms with Crippen molar-refractivity contribution < 1.29 is 0 Å². The summed E-state index contributed by atoms with van der Waals surface area (Å²) in [6.45, 7) is 0.585. The smallest absolute Gasteiger partial charge is 0.137 e. The Balaban J connectivity index is 2.01. The molecule has 3 heterocycles. The fourth-order valence-corrected chi connectivity index (χ4v) is 3.38. The van der Waals surface area contributed by atoms with Gasteiger partial charge in [0.15, 0.2) is 0 Å². The molecule has 0 radical (unpaired) electrons. The van der Waals surface area contributed by atoms with Gasteiger partial charge in [0.25, 0.3) is 0 Å². The topological polar surface area (TPSA) is 43.3 Å². The Bertz CT molecular complexity index is 500. The zero-order valence-electron chi connectivity index (χ0n) is 9.10. The molecule has 0 bridgehead atoms. The van der Waals surface area contributed by atoms with Gasteiger partial charge in [-0.15, -0.1) is 0 Å². The van der Waals surface area contributed by atoms with E-state index in [0.717, 1.165) is 11.2 Å². The van der Waals surface area contributed by atoms with Crippen LogP contribution in [0.5, 0.6) is 0 Å². The first-order valence-corrected chi connectivity index (χ1v) is 6.71. The maximum atomic E-state index is 5.63. The lowest BCUT2D eigenvalue weighted by atomic mass is 10.2. The van der Waals surface area contributed by atoms with E-state index in [2.05, 4.69) is 21.8 Å². The number of hydrogen-bond acceptors (Lipinski definition) is 3. The van der Waals surface area contributed by atoms with Crippen molar-refractivity contribution in [3.05, 3.63) is 35.8 Å². The number of nitrogens with zero attached hydrogens (tertiary/aromatic N) is 2. The van der Waals surface area contributed by atoms with Crippen molar-refractivity contribution in [2.45, 2.75) is 24.6 Å². The number of fused-ring (bicyclic) bond motifs is 1. The lowest BCUT2D eigenvalue weighted by Crippen LogP contribution is -1.97. The van der Waals surface area contributed by atoms with Crippen molar-refractivity contribution in [3.63, 3.8) is 0 Å². The summed E-state index contributed by atoms with van der Waals surface area (Å²) >= 11 is 2.02. The van der Waals surface area contributed by atoms with Crippen LogP contribution in [-0.4, -0.2) is 15.1 Å². The fraction of sp³-hybridized carbons (Fsp3) is 0.417. The molecular formula is C12H15N3S. The first-order valence-electron chi connectivity index (χ1n) is 5.66. The lowest BCUT2D eigenvalue weighted by molar-refractivity contribution is 0.813. The highest BCUT2D eigenvalue weighted by atomic mass is 32.2. The number of nitrogens with two attached hydrogens (primary N) is 1. The van der Waals surface area contributed by atoms with Gasteiger partial charge < -0.3 is 10.1 Å². The van der Waals surface area contributed by atoms with E-state index < -0.39 is 0 Å². The van der Waals surface area contributed by atoms with E-state index in [1.807, 2.05) is 23.9 Å². The van der Waals surface area contributed by atoms with Crippen LogP contribution in [0.25, 0.3) is 5.65 Å². The van der Waals surface area contributed by atoms with Crippen molar-refractivity contribution in [2.24, 2.45) is 5.73 Å². The molecule has 0 aromatic carbocycles. The van der Waals surface area contributed by atoms with Gasteiger partial charge in [-0.25, -0.2) is 4.98 Å². The zero-order valence-corrected chi connectivity index (χ0v) is 9.91. The third-order valence-electron chi connectivity index (χ3n) is 3.03. The molecule has 1 atom stereocenters. The van der Waals surface area contributed by atoms with Crippen LogP contribution < -0.4 is 5.73 Å². The maximum absolute atomic E-state index is 5.63. The highest BCUT2D eigenvalue weighted by Gasteiger charge is 2.20. The van der Waals surface area contributed by atoms with E-state index in [1.165, 1.54) is 24.3 Å². The van der Waals surface area contributed by atoms with Gasteiger partial charge in [-0.3, -0.25) is 0 Å². The van der Waals surface area contributed by atoms with E-state index in [-0.39, 0.29) is 0 Å². The number of thioether (sulfide) groups is 1. The van der Waals surface area contributed by atoms with Crippen LogP contribution in [-0.2, 0) is 6.54 Å². The molecule has 0 saturated carbocycles. The molecule has 16 heavy (non-hydrogen) atoms. The van der Waals surface area contributed by atoms with Gasteiger partial charge in [-0.1, -0.05) is 6.07 Å². The van der Waals surface area contributed by atoms with Crippen LogP contribution in [0.2, 0.25) is 0 Å². The molecule has 3 nitrogen and oxygen atoms in total. The Morgan fingerprint density at radius 2 is 2.38 bits per heavy atom. The Morgan fingerprint density at radius 1 is 1.44 bits per heavy atom. The standard InChI is InChI=1S/C12H15N3S/c13-6-9-3-4-12-14-10(8-15(12)7-9)11-2-1-5-16-11/h3-4,7-8,11H,1-2,5-6,13H2. The van der Waals surface area contributed by atoms with Crippen molar-refractivity contribution in [3.8, 4) is 0 Å². The van der Waals surface area contributed by atoms with Gasteiger partial charge in [-0.05, 0) is 30.2 Å². The van der Waals surface area contributed by atoms with Gasteiger partial charge in [0.2, 0.25) is 0 Å². The fourth-order valence-electron chi connectivity index (χ4n) is 2.14. The molecule has 0 spiro atoms. The van der Waals surface area contributed by atoms with Crippen LogP contribution >= 0.6 is 11.8 Å². The quantitative estimate of drug-likeness (QED) is 0.866. The predicted octanol–water partition coefficient (Wildman–Crippen LogP) is 2.36. The second-order valence-corrected chi connectivity index (χ2v) is 5.48. The highest BCUT2D eigenvalue weighted by molar-refractivity contribution is 7.99. The average Bonchev–Trinajstić information content (AvgIpc) is 2.96. The first kappa shape index (κ1) is 10.2. The Morgan fingerprint density at radius 3 is 3.12 bits per heavy atom. The van der Waals surface area contributed by atoms with Gasteiger partial charge in [0.05, 0.1) is 5.69 Å². The Kier molecular flexibility index (Phi) is 2.61. The summed E-state index contributed by atoms with van der Waals surface area (Å²) in [5.41, 5.74) is 9.03. The van der Waals surface area contributed by atoms with Crippen LogP contribution in [0.1, 0.15) is 29.3 Å². The van der Waals surface area contributed by atoms with Crippen LogP contribution in [0.4, 0.5) is 0 Å². The summed E-state index contributed by atoms with van der Waals surface area (Å²) in [5, 5.41) is 0.598. The summed E-state index contributed by atoms with van der Waals surface area (Å²) < 4.78 is 2.09. The minimum absolute atomic E-state index is 0.585. The molecule has 1 saturated heterocycles. The molecule has 4 heteroatoms. The molecule has 3 rings (SSSR count). The highest BCUT2D eigenvalue weighted by Crippen LogP contribution is 2.39. The second kappa shape index (κ2) is 4.11. The maximum Gasteiger partial charge on any atom is 0.137 e. The summed E-state index contributed by atoms with van der Waals surface area (Å²) in [6, 6.07) is 4.10. The van der Waals surface area contributed by atoms with E-state index in [4.69, 9.17) is 5.73 Å². The molecular weight excluding hydrogens is 218 g/mol. The van der Waals surface area contributed by atoms with Gasteiger partial charge in [0.1, 0.15) is 5.65 Å². The SMILES string of the molecule is NCc1ccc2nc(C3CCCS3)cn2c1. The molecule has 84 valence electrons. The molecule has 0 aliphatic carbocycles. The molecule has 2 aromatic heterocycles. The molecule has 1 unspecified atom stereocenters. The number of rotatable bonds is 2. The summed E-state index contributed by atoms with van der Waals surface area (Å²) in [7, 11) is 0. The predicted molar refractivity (Wildman–Crippen MR) is 67.5 cm³/mol. The average molecular weight is 233 g/mol. The normalized spacial score (nSPS) is 20.7. The van der Waals surface area contributed by atoms with E-state index in [9.17, 15) is 0 Å². The summed E-state index contributed by atoms with van der Waals surface area (Å²) in [5.74, 6) is 1.27. The number of hydrogen-bond donors (Lipinski definition) is 1. The minimum Gasteiger partial charge on any atom is -0.326 e. The zero-order chi connectivity index (χ0) is 11.0. The molecule has 1 aliphatic heterocycles. The van der Waals surface area contributed by atoms with Gasteiger partial charge >= 0.3 is 0 Å². The van der Waals surface area contributed by atoms with Crippen LogP contribution in [0, 0.1) is 0 Å². The van der Waals surface area contributed by atoms with Crippen molar-refractivity contribution in [2.75, 3.05) is 5.75 Å². The Hall–Kier alpha value is -1.00. The molecule has 1 aliphatic rings. The van der Waals surface area contributed by atoms with E-state index >= 15 is 0 Å². The summed E-state index contributed by atoms with van der Waals surface area (Å²) in [4.78, 5) is 4.67. The van der Waals surface area contributed by atoms with Crippen molar-refractivity contribution in [1.29, 1.82) is 0 Å². The third kappa shape index (κ3) is 1.72. The largest absolute Gasteiger partial charge is 0.326 e. The van der Waals surface area contributed by atoms with Gasteiger partial charge in [0, 0.05) is 24.2 Å². The second-order valence-electron chi connectivity index (χ2n) is 4.17. The first-order chi connectivity index (χ1) is 7.86. The third-order valence-corrected chi connectivity index (χ3v) is 4.43. The Labute approximate surface area is 99.1 Å². The van der Waals surface area contributed by atoms with E-state index in [1.54, 1.807) is 0 Å². The number of pyridine rings is 1. The van der Waals surface area contributed by atoms with Crippen LogP contribution in [0.15, 0.2) is 24.5 Å². The number of imidazole rings is 1. The molecule has 0 amide bonds. The summed E-state index contributed by atoms with van der Waals surface area (Å²) in [6.07, 6.45) is 6.80. The molecule has 1 fully saturated rings. The lowest BCUT2D eigenvalue weighted by Gasteiger charge is -2.01. The van der Waals surface area contributed by atoms with E-state index in [0.29, 0.717) is 11.8 Å². The van der Waals surface area contributed by atoms with Gasteiger partial charge in [-0.2, -0.15) is 11.8 Å². The monoisotopic (exact) mass is 233 g/mol. The molecule has 2 N–H and O–H groups in total. The van der Waals surface area contributed by atoms with Crippen LogP contribution in [0.3, 0.4) is 0 Å². The number of aromatic nitrogens is 2. The van der Waals surface area contributed by atoms with Crippen molar-refractivity contribution in [1.82, 2.24) is 9.38 Å². The van der Waals surface area contributed by atoms with Crippen molar-refractivity contribution >= 4 is 17.4 Å². The molecule has 2 aromatic rings.